The van der Waals surface area contributed by atoms with Crippen LogP contribution in [0, 0.1) is 20.8 Å². The number of nitrogens with one attached hydrogen (secondary N) is 1. The largest absolute Gasteiger partial charge is 0.481 e. The molecule has 0 fully saturated rings. The Hall–Kier alpha value is -1.93. The third kappa shape index (κ3) is 6.47. The molecular formula is C17H25NO6S. The maximum atomic E-state index is 12.6. The molecule has 0 aliphatic rings. The quantitative estimate of drug-likeness (QED) is 0.543. The van der Waals surface area contributed by atoms with Crippen molar-refractivity contribution in [2.45, 2.75) is 63.8 Å². The van der Waals surface area contributed by atoms with E-state index in [-0.39, 0.29) is 17.7 Å². The summed E-state index contributed by atoms with van der Waals surface area (Å²) in [5, 5.41) is 17.9. The zero-order valence-electron chi connectivity index (χ0n) is 14.7. The second-order valence-corrected chi connectivity index (χ2v) is 7.88. The molecule has 25 heavy (non-hydrogen) atoms. The van der Waals surface area contributed by atoms with Crippen molar-refractivity contribution < 1.29 is 28.2 Å². The molecule has 0 saturated carbocycles. The Morgan fingerprint density at radius 3 is 2.08 bits per heavy atom. The van der Waals surface area contributed by atoms with Gasteiger partial charge < -0.3 is 10.2 Å². The highest BCUT2D eigenvalue weighted by atomic mass is 32.2. The molecule has 1 aromatic carbocycles. The van der Waals surface area contributed by atoms with Crippen LogP contribution in [0.5, 0.6) is 0 Å². The highest BCUT2D eigenvalue weighted by molar-refractivity contribution is 7.89. The van der Waals surface area contributed by atoms with Crippen molar-refractivity contribution in [2.75, 3.05) is 0 Å². The standard InChI is InChI=1S/C17H25NO6S/c1-11-9-12(2)16(13(3)10-11)25(23,24)18-14(17(21)22)7-5-4-6-8-15(19)20/h9-10,14,18H,4-8H2,1-3H3,(H,19,20)(H,21,22)/t14-/m0/s1. The summed E-state index contributed by atoms with van der Waals surface area (Å²) in [4.78, 5) is 21.9. The van der Waals surface area contributed by atoms with Crippen molar-refractivity contribution in [3.8, 4) is 0 Å². The van der Waals surface area contributed by atoms with Crippen molar-refractivity contribution in [2.24, 2.45) is 0 Å². The Bertz CT molecular complexity index is 719. The summed E-state index contributed by atoms with van der Waals surface area (Å²) in [6, 6.07) is 2.24. The van der Waals surface area contributed by atoms with Gasteiger partial charge in [0.1, 0.15) is 6.04 Å². The van der Waals surface area contributed by atoms with Gasteiger partial charge in [-0.25, -0.2) is 8.42 Å². The number of hydrogen-bond donors (Lipinski definition) is 3. The van der Waals surface area contributed by atoms with Gasteiger partial charge in [-0.1, -0.05) is 30.5 Å². The average Bonchev–Trinajstić information content (AvgIpc) is 2.43. The molecule has 0 bridgehead atoms. The van der Waals surface area contributed by atoms with E-state index in [2.05, 4.69) is 4.72 Å². The van der Waals surface area contributed by atoms with E-state index in [1.54, 1.807) is 26.0 Å². The Morgan fingerprint density at radius 1 is 1.04 bits per heavy atom. The fourth-order valence-corrected chi connectivity index (χ4v) is 4.55. The molecule has 140 valence electrons. The maximum Gasteiger partial charge on any atom is 0.321 e. The molecule has 0 spiro atoms. The summed E-state index contributed by atoms with van der Waals surface area (Å²) in [5.74, 6) is -2.15. The lowest BCUT2D eigenvalue weighted by molar-refractivity contribution is -0.139. The molecule has 1 atom stereocenters. The minimum absolute atomic E-state index is 0.0191. The topological polar surface area (TPSA) is 121 Å². The number of aryl methyl sites for hydroxylation is 3. The predicted octanol–water partition coefficient (Wildman–Crippen LogP) is 2.38. The number of carboxylic acid groups (broad SMARTS) is 2. The van der Waals surface area contributed by atoms with E-state index in [0.29, 0.717) is 30.4 Å². The van der Waals surface area contributed by atoms with E-state index in [1.807, 2.05) is 6.92 Å². The van der Waals surface area contributed by atoms with Crippen molar-refractivity contribution in [3.05, 3.63) is 28.8 Å². The number of carboxylic acids is 2. The molecule has 0 radical (unpaired) electrons. The minimum atomic E-state index is -3.96. The Morgan fingerprint density at radius 2 is 1.60 bits per heavy atom. The number of unbranched alkanes of at least 4 members (excludes halogenated alkanes) is 2. The van der Waals surface area contributed by atoms with Crippen molar-refractivity contribution >= 4 is 22.0 Å². The van der Waals surface area contributed by atoms with Crippen molar-refractivity contribution in [3.63, 3.8) is 0 Å². The Kier molecular flexibility index (Phi) is 7.57. The molecule has 1 aromatic rings. The lowest BCUT2D eigenvalue weighted by Gasteiger charge is -2.17. The van der Waals surface area contributed by atoms with Gasteiger partial charge >= 0.3 is 11.9 Å². The molecule has 0 unspecified atom stereocenters. The summed E-state index contributed by atoms with van der Waals surface area (Å²) >= 11 is 0. The predicted molar refractivity (Wildman–Crippen MR) is 93.1 cm³/mol. The minimum Gasteiger partial charge on any atom is -0.481 e. The number of rotatable bonds is 10. The SMILES string of the molecule is Cc1cc(C)c(S(=O)(=O)N[C@@H](CCCCCC(=O)O)C(=O)O)c(C)c1. The third-order valence-electron chi connectivity index (χ3n) is 3.85. The van der Waals surface area contributed by atoms with Crippen LogP contribution in [-0.4, -0.2) is 36.6 Å². The normalized spacial score (nSPS) is 12.8. The molecule has 0 heterocycles. The van der Waals surface area contributed by atoms with Crippen LogP contribution in [0.1, 0.15) is 48.8 Å². The first-order valence-corrected chi connectivity index (χ1v) is 9.57. The lowest BCUT2D eigenvalue weighted by atomic mass is 10.1. The molecule has 8 heteroatoms. The molecule has 0 amide bonds. The van der Waals surface area contributed by atoms with E-state index in [9.17, 15) is 23.1 Å². The molecule has 3 N–H and O–H groups in total. The molecule has 0 aliphatic heterocycles. The van der Waals surface area contributed by atoms with Crippen LogP contribution in [0.4, 0.5) is 0 Å². The molecule has 0 saturated heterocycles. The fraction of sp³-hybridized carbons (Fsp3) is 0.529. The molecule has 1 rings (SSSR count). The van der Waals surface area contributed by atoms with Gasteiger partial charge in [-0.3, -0.25) is 9.59 Å². The third-order valence-corrected chi connectivity index (χ3v) is 5.63. The van der Waals surface area contributed by atoms with E-state index in [4.69, 9.17) is 5.11 Å². The number of benzene rings is 1. The first kappa shape index (κ1) is 21.1. The second kappa shape index (κ2) is 8.96. The molecule has 0 aromatic heterocycles. The first-order chi connectivity index (χ1) is 11.5. The molecule has 0 aliphatic carbocycles. The van der Waals surface area contributed by atoms with Crippen LogP contribution in [0.2, 0.25) is 0 Å². The summed E-state index contributed by atoms with van der Waals surface area (Å²) in [6.07, 6.45) is 1.52. The van der Waals surface area contributed by atoms with E-state index >= 15 is 0 Å². The smallest absolute Gasteiger partial charge is 0.321 e. The Balaban J connectivity index is 2.84. The highest BCUT2D eigenvalue weighted by Crippen LogP contribution is 2.22. The summed E-state index contributed by atoms with van der Waals surface area (Å²) in [5.41, 5.74) is 2.06. The van der Waals surface area contributed by atoms with E-state index in [0.717, 1.165) is 5.56 Å². The van der Waals surface area contributed by atoms with Gasteiger partial charge in [-0.2, -0.15) is 4.72 Å². The van der Waals surface area contributed by atoms with Crippen LogP contribution < -0.4 is 4.72 Å². The Labute approximate surface area is 148 Å². The number of hydrogen-bond acceptors (Lipinski definition) is 4. The number of carbonyl (C=O) groups is 2. The zero-order valence-corrected chi connectivity index (χ0v) is 15.5. The van der Waals surface area contributed by atoms with E-state index in [1.165, 1.54) is 0 Å². The van der Waals surface area contributed by atoms with Crippen LogP contribution >= 0.6 is 0 Å². The van der Waals surface area contributed by atoms with Gasteiger partial charge in [0.2, 0.25) is 10.0 Å². The van der Waals surface area contributed by atoms with E-state index < -0.39 is 28.0 Å². The summed E-state index contributed by atoms with van der Waals surface area (Å²) < 4.78 is 27.5. The van der Waals surface area contributed by atoms with Crippen LogP contribution in [0.25, 0.3) is 0 Å². The van der Waals surface area contributed by atoms with Gasteiger partial charge in [0, 0.05) is 6.42 Å². The zero-order chi connectivity index (χ0) is 19.2. The van der Waals surface area contributed by atoms with Gasteiger partial charge in [0.25, 0.3) is 0 Å². The van der Waals surface area contributed by atoms with Crippen molar-refractivity contribution in [1.82, 2.24) is 4.72 Å². The monoisotopic (exact) mass is 371 g/mol. The van der Waals surface area contributed by atoms with Crippen LogP contribution in [0.15, 0.2) is 17.0 Å². The number of aliphatic carboxylic acids is 2. The van der Waals surface area contributed by atoms with Crippen LogP contribution in [0.3, 0.4) is 0 Å². The highest BCUT2D eigenvalue weighted by Gasteiger charge is 2.27. The fourth-order valence-electron chi connectivity index (χ4n) is 2.87. The second-order valence-electron chi connectivity index (χ2n) is 6.23. The maximum absolute atomic E-state index is 12.6. The van der Waals surface area contributed by atoms with Gasteiger partial charge in [0.15, 0.2) is 0 Å². The van der Waals surface area contributed by atoms with Gasteiger partial charge in [0.05, 0.1) is 4.90 Å². The van der Waals surface area contributed by atoms with Crippen molar-refractivity contribution in [1.29, 1.82) is 0 Å². The summed E-state index contributed by atoms with van der Waals surface area (Å²) in [6.45, 7) is 5.22. The number of sulfonamides is 1. The first-order valence-electron chi connectivity index (χ1n) is 8.09. The summed E-state index contributed by atoms with van der Waals surface area (Å²) in [7, 11) is -3.96. The molecular weight excluding hydrogens is 346 g/mol. The van der Waals surface area contributed by atoms with Gasteiger partial charge in [-0.15, -0.1) is 0 Å². The van der Waals surface area contributed by atoms with Crippen LogP contribution in [-0.2, 0) is 19.6 Å². The molecule has 7 nitrogen and oxygen atoms in total. The lowest BCUT2D eigenvalue weighted by Crippen LogP contribution is -2.41. The van der Waals surface area contributed by atoms with Gasteiger partial charge in [-0.05, 0) is 44.7 Å². The average molecular weight is 371 g/mol.